The van der Waals surface area contributed by atoms with E-state index < -0.39 is 21.7 Å². The smallest absolute Gasteiger partial charge is 0.314 e. The highest BCUT2D eigenvalue weighted by Crippen LogP contribution is 2.33. The average molecular weight is 479 g/mol. The molecular weight excluding hydrogens is 463 g/mol. The van der Waals surface area contributed by atoms with Gasteiger partial charge in [0, 0.05) is 22.2 Å². The summed E-state index contributed by atoms with van der Waals surface area (Å²) < 4.78 is 25.5. The van der Waals surface area contributed by atoms with Gasteiger partial charge in [0.1, 0.15) is 5.82 Å². The van der Waals surface area contributed by atoms with Gasteiger partial charge in [-0.3, -0.25) is 9.59 Å². The number of fused-ring (bicyclic) bond motifs is 1. The quantitative estimate of drug-likeness (QED) is 0.560. The second kappa shape index (κ2) is 8.33. The van der Waals surface area contributed by atoms with E-state index in [9.17, 15) is 18.0 Å². The van der Waals surface area contributed by atoms with Crippen molar-refractivity contribution >= 4 is 50.7 Å². The van der Waals surface area contributed by atoms with Crippen LogP contribution in [-0.2, 0) is 37.5 Å². The number of rotatable bonds is 4. The van der Waals surface area contributed by atoms with Crippen LogP contribution in [0.3, 0.4) is 0 Å². The minimum atomic E-state index is -3.37. The molecule has 4 rings (SSSR count). The fourth-order valence-electron chi connectivity index (χ4n) is 3.23. The zero-order valence-corrected chi connectivity index (χ0v) is 18.3. The van der Waals surface area contributed by atoms with E-state index in [0.717, 1.165) is 0 Å². The average Bonchev–Trinajstić information content (AvgIpc) is 3.19. The van der Waals surface area contributed by atoms with Crippen LogP contribution in [0, 0.1) is 0 Å². The molecule has 2 heterocycles. The number of hydrogen-bond acceptors (Lipinski definition) is 5. The van der Waals surface area contributed by atoms with Crippen LogP contribution < -0.4 is 10.6 Å². The molecule has 11 heteroatoms. The number of carbonyl (C=O) groups excluding carboxylic acids is 2. The molecule has 2 aromatic carbocycles. The second-order valence-corrected chi connectivity index (χ2v) is 9.83. The summed E-state index contributed by atoms with van der Waals surface area (Å²) >= 11 is 12.1. The first kappa shape index (κ1) is 21.4. The zero-order chi connectivity index (χ0) is 22.2. The summed E-state index contributed by atoms with van der Waals surface area (Å²) in [6.07, 6.45) is 0. The van der Waals surface area contributed by atoms with Crippen molar-refractivity contribution in [3.8, 4) is 5.69 Å². The molecule has 1 aromatic heterocycles. The van der Waals surface area contributed by atoms with E-state index in [0.29, 0.717) is 32.6 Å². The van der Waals surface area contributed by atoms with Crippen LogP contribution in [0.2, 0.25) is 10.0 Å². The molecule has 0 saturated heterocycles. The van der Waals surface area contributed by atoms with Gasteiger partial charge in [0.05, 0.1) is 22.9 Å². The molecule has 1 aliphatic heterocycles. The molecule has 0 unspecified atom stereocenters. The Morgan fingerprint density at radius 3 is 2.55 bits per heavy atom. The molecule has 0 radical (unpaired) electrons. The SMILES string of the molecule is O=C(NCc1ccccc1Cl)C(=O)Nc1c2c(nn1-c1cccc(Cl)c1)CS(=O)(=O)C2. The highest BCUT2D eigenvalue weighted by Gasteiger charge is 2.33. The molecule has 2 N–H and O–H groups in total. The summed E-state index contributed by atoms with van der Waals surface area (Å²) in [5.74, 6) is -2.25. The lowest BCUT2D eigenvalue weighted by Gasteiger charge is -2.12. The highest BCUT2D eigenvalue weighted by molar-refractivity contribution is 7.90. The fraction of sp³-hybridized carbons (Fsp3) is 0.150. The van der Waals surface area contributed by atoms with Gasteiger partial charge in [0.15, 0.2) is 9.84 Å². The van der Waals surface area contributed by atoms with Crippen LogP contribution in [0.5, 0.6) is 0 Å². The number of sulfone groups is 1. The normalized spacial score (nSPS) is 14.1. The topological polar surface area (TPSA) is 110 Å². The molecule has 0 fully saturated rings. The Bertz CT molecular complexity index is 1300. The van der Waals surface area contributed by atoms with Crippen molar-refractivity contribution in [3.05, 3.63) is 75.4 Å². The minimum absolute atomic E-state index is 0.0615. The van der Waals surface area contributed by atoms with Gasteiger partial charge in [0.2, 0.25) is 0 Å². The van der Waals surface area contributed by atoms with Gasteiger partial charge in [-0.2, -0.15) is 5.10 Å². The molecule has 0 bridgehead atoms. The highest BCUT2D eigenvalue weighted by atomic mass is 35.5. The van der Waals surface area contributed by atoms with Gasteiger partial charge < -0.3 is 10.6 Å². The molecular formula is C20H16Cl2N4O4S. The molecule has 2 amide bonds. The number of nitrogens with zero attached hydrogens (tertiary/aromatic N) is 2. The Balaban J connectivity index is 1.59. The number of nitrogens with one attached hydrogen (secondary N) is 2. The van der Waals surface area contributed by atoms with Crippen LogP contribution >= 0.6 is 23.2 Å². The third-order valence-electron chi connectivity index (χ3n) is 4.68. The van der Waals surface area contributed by atoms with Gasteiger partial charge >= 0.3 is 11.8 Å². The lowest BCUT2D eigenvalue weighted by atomic mass is 10.2. The first-order valence-electron chi connectivity index (χ1n) is 9.13. The molecule has 160 valence electrons. The van der Waals surface area contributed by atoms with E-state index in [1.165, 1.54) is 4.68 Å². The number of benzene rings is 2. The maximum atomic E-state index is 12.6. The Morgan fingerprint density at radius 2 is 1.81 bits per heavy atom. The van der Waals surface area contributed by atoms with E-state index in [2.05, 4.69) is 15.7 Å². The first-order valence-corrected chi connectivity index (χ1v) is 11.7. The van der Waals surface area contributed by atoms with Gasteiger partial charge in [-0.25, -0.2) is 13.1 Å². The number of amides is 2. The van der Waals surface area contributed by atoms with E-state index in [4.69, 9.17) is 23.2 Å². The summed E-state index contributed by atoms with van der Waals surface area (Å²) in [7, 11) is -3.37. The van der Waals surface area contributed by atoms with Crippen LogP contribution in [0.4, 0.5) is 5.82 Å². The summed E-state index contributed by atoms with van der Waals surface area (Å²) in [6.45, 7) is 0.0615. The summed E-state index contributed by atoms with van der Waals surface area (Å²) in [4.78, 5) is 24.9. The van der Waals surface area contributed by atoms with E-state index in [-0.39, 0.29) is 23.9 Å². The molecule has 0 atom stereocenters. The van der Waals surface area contributed by atoms with Gasteiger partial charge in [-0.1, -0.05) is 47.5 Å². The van der Waals surface area contributed by atoms with Crippen molar-refractivity contribution in [2.24, 2.45) is 0 Å². The molecule has 0 aliphatic carbocycles. The van der Waals surface area contributed by atoms with Crippen molar-refractivity contribution in [2.75, 3.05) is 5.32 Å². The van der Waals surface area contributed by atoms with Crippen LogP contribution in [0.15, 0.2) is 48.5 Å². The van der Waals surface area contributed by atoms with E-state index >= 15 is 0 Å². The van der Waals surface area contributed by atoms with Gasteiger partial charge in [-0.15, -0.1) is 0 Å². The standard InChI is InChI=1S/C20H16Cl2N4O4S/c21-13-5-3-6-14(8-13)26-18(15-10-31(29,30)11-17(15)25-26)24-20(28)19(27)23-9-12-4-1-2-7-16(12)22/h1-8H,9-11H2,(H,23,27)(H,24,28). The largest absolute Gasteiger partial charge is 0.344 e. The van der Waals surface area contributed by atoms with Crippen LogP contribution in [0.25, 0.3) is 5.69 Å². The monoisotopic (exact) mass is 478 g/mol. The zero-order valence-electron chi connectivity index (χ0n) is 15.9. The van der Waals surface area contributed by atoms with Crippen molar-refractivity contribution in [1.82, 2.24) is 15.1 Å². The molecule has 0 spiro atoms. The number of hydrogen-bond donors (Lipinski definition) is 2. The van der Waals surface area contributed by atoms with Crippen molar-refractivity contribution in [1.29, 1.82) is 0 Å². The predicted octanol–water partition coefficient (Wildman–Crippen LogP) is 2.86. The summed E-state index contributed by atoms with van der Waals surface area (Å²) in [5.41, 5.74) is 1.85. The van der Waals surface area contributed by atoms with Gasteiger partial charge in [0.25, 0.3) is 0 Å². The third-order valence-corrected chi connectivity index (χ3v) is 6.72. The summed E-state index contributed by atoms with van der Waals surface area (Å²) in [6, 6.07) is 13.6. The molecule has 8 nitrogen and oxygen atoms in total. The van der Waals surface area contributed by atoms with Crippen LogP contribution in [-0.4, -0.2) is 30.0 Å². The van der Waals surface area contributed by atoms with E-state index in [1.807, 2.05) is 0 Å². The fourth-order valence-corrected chi connectivity index (χ4v) is 5.11. The number of halogens is 2. The molecule has 0 saturated carbocycles. The second-order valence-electron chi connectivity index (χ2n) is 6.93. The third kappa shape index (κ3) is 4.58. The lowest BCUT2D eigenvalue weighted by molar-refractivity contribution is -0.136. The maximum absolute atomic E-state index is 12.6. The Hall–Kier alpha value is -2.88. The van der Waals surface area contributed by atoms with E-state index in [1.54, 1.807) is 48.5 Å². The Labute approximate surface area is 188 Å². The van der Waals surface area contributed by atoms with Crippen molar-refractivity contribution in [2.45, 2.75) is 18.1 Å². The molecule has 3 aromatic rings. The van der Waals surface area contributed by atoms with Crippen molar-refractivity contribution in [3.63, 3.8) is 0 Å². The minimum Gasteiger partial charge on any atom is -0.344 e. The Kier molecular flexibility index (Phi) is 5.74. The molecule has 31 heavy (non-hydrogen) atoms. The molecule has 1 aliphatic rings. The predicted molar refractivity (Wildman–Crippen MR) is 117 cm³/mol. The maximum Gasteiger partial charge on any atom is 0.314 e. The van der Waals surface area contributed by atoms with Crippen molar-refractivity contribution < 1.29 is 18.0 Å². The summed E-state index contributed by atoms with van der Waals surface area (Å²) in [5, 5.41) is 10.2. The number of anilines is 1. The van der Waals surface area contributed by atoms with Gasteiger partial charge in [-0.05, 0) is 29.8 Å². The number of carbonyl (C=O) groups is 2. The Morgan fingerprint density at radius 1 is 1.03 bits per heavy atom. The number of aromatic nitrogens is 2. The first-order chi connectivity index (χ1) is 14.7. The van der Waals surface area contributed by atoms with Crippen LogP contribution in [0.1, 0.15) is 16.8 Å². The lowest BCUT2D eigenvalue weighted by Crippen LogP contribution is -2.35.